The molecule has 0 aliphatic heterocycles. The molecule has 1 aliphatic rings. The molecule has 200 valence electrons. The van der Waals surface area contributed by atoms with Gasteiger partial charge in [-0.1, -0.05) is 38.0 Å². The zero-order valence-electron chi connectivity index (χ0n) is 21.5. The fourth-order valence-electron chi connectivity index (χ4n) is 4.50. The zero-order chi connectivity index (χ0) is 27.1. The third kappa shape index (κ3) is 6.63. The highest BCUT2D eigenvalue weighted by Crippen LogP contribution is 2.38. The maximum absolute atomic E-state index is 14.0. The summed E-state index contributed by atoms with van der Waals surface area (Å²) < 4.78 is 19.1. The number of aryl methyl sites for hydroxylation is 1. The van der Waals surface area contributed by atoms with Crippen LogP contribution in [0.15, 0.2) is 53.4 Å². The fraction of sp³-hybridized carbons (Fsp3) is 0.345. The molecule has 1 aliphatic carbocycles. The molecule has 0 fully saturated rings. The van der Waals surface area contributed by atoms with E-state index in [1.54, 1.807) is 24.3 Å². The van der Waals surface area contributed by atoms with Crippen LogP contribution in [0.4, 0.5) is 15.1 Å². The van der Waals surface area contributed by atoms with Crippen molar-refractivity contribution < 1.29 is 23.5 Å². The molecule has 0 saturated carbocycles. The summed E-state index contributed by atoms with van der Waals surface area (Å²) in [4.78, 5) is 40.5. The van der Waals surface area contributed by atoms with Crippen LogP contribution in [-0.2, 0) is 22.4 Å². The molecular weight excluding hydrogens is 523 g/mol. The summed E-state index contributed by atoms with van der Waals surface area (Å²) in [6.07, 6.45) is 6.64. The molecule has 2 amide bonds. The van der Waals surface area contributed by atoms with Crippen molar-refractivity contribution >= 4 is 51.6 Å². The Balaban J connectivity index is 1.49. The molecule has 6 nitrogen and oxygen atoms in total. The molecule has 1 heterocycles. The summed E-state index contributed by atoms with van der Waals surface area (Å²) in [5.74, 6) is -1.75. The van der Waals surface area contributed by atoms with Crippen LogP contribution in [0.3, 0.4) is 0 Å². The fourth-order valence-corrected chi connectivity index (χ4v) is 6.79. The Morgan fingerprint density at radius 2 is 1.79 bits per heavy atom. The summed E-state index contributed by atoms with van der Waals surface area (Å²) in [5, 5.41) is 5.86. The number of thioether (sulfide) groups is 1. The van der Waals surface area contributed by atoms with Gasteiger partial charge < -0.3 is 15.4 Å². The number of ether oxygens (including phenoxy) is 1. The van der Waals surface area contributed by atoms with E-state index in [1.807, 2.05) is 13.0 Å². The number of hydrogen-bond acceptors (Lipinski definition) is 6. The van der Waals surface area contributed by atoms with E-state index in [0.29, 0.717) is 22.7 Å². The molecule has 0 radical (unpaired) electrons. The maximum Gasteiger partial charge on any atom is 0.341 e. The highest BCUT2D eigenvalue weighted by Gasteiger charge is 2.28. The number of carbonyl (C=O) groups excluding carboxylic acids is 3. The monoisotopic (exact) mass is 554 g/mol. The van der Waals surface area contributed by atoms with Gasteiger partial charge in [0.05, 0.1) is 23.5 Å². The molecule has 2 aromatic carbocycles. The predicted molar refractivity (Wildman–Crippen MR) is 151 cm³/mol. The van der Waals surface area contributed by atoms with Crippen LogP contribution in [0.1, 0.15) is 70.2 Å². The maximum atomic E-state index is 14.0. The van der Waals surface area contributed by atoms with Gasteiger partial charge in [0.25, 0.3) is 5.91 Å². The van der Waals surface area contributed by atoms with E-state index in [1.165, 1.54) is 54.8 Å². The summed E-state index contributed by atoms with van der Waals surface area (Å²) >= 11 is 2.85. The van der Waals surface area contributed by atoms with Crippen LogP contribution in [0.25, 0.3) is 0 Å². The van der Waals surface area contributed by atoms with Gasteiger partial charge >= 0.3 is 5.97 Å². The number of fused-ring (bicyclic) bond motifs is 1. The SMILES string of the molecule is CCC(Sc1cccc(NC(=O)c2ccccc2F)c1)C(=O)Nc1sc2c(c1C(=O)OC)CCCCCC2. The number of esters is 1. The Morgan fingerprint density at radius 1 is 1.03 bits per heavy atom. The molecule has 1 unspecified atom stereocenters. The number of benzene rings is 2. The topological polar surface area (TPSA) is 84.5 Å². The van der Waals surface area contributed by atoms with Crippen molar-refractivity contribution in [3.05, 3.63) is 75.9 Å². The average molecular weight is 555 g/mol. The van der Waals surface area contributed by atoms with Crippen LogP contribution in [0, 0.1) is 5.82 Å². The predicted octanol–water partition coefficient (Wildman–Crippen LogP) is 7.09. The Labute approximate surface area is 230 Å². The number of anilines is 2. The Hall–Kier alpha value is -3.17. The zero-order valence-corrected chi connectivity index (χ0v) is 23.1. The van der Waals surface area contributed by atoms with Crippen molar-refractivity contribution in [2.24, 2.45) is 0 Å². The summed E-state index contributed by atoms with van der Waals surface area (Å²) in [7, 11) is 1.36. The van der Waals surface area contributed by atoms with Gasteiger partial charge in [0.15, 0.2) is 0 Å². The minimum atomic E-state index is -0.592. The lowest BCUT2D eigenvalue weighted by molar-refractivity contribution is -0.115. The third-order valence-corrected chi connectivity index (χ3v) is 9.01. The Kier molecular flexibility index (Phi) is 9.58. The van der Waals surface area contributed by atoms with Crippen molar-refractivity contribution in [1.29, 1.82) is 0 Å². The number of halogens is 1. The van der Waals surface area contributed by atoms with E-state index in [-0.39, 0.29) is 11.5 Å². The minimum Gasteiger partial charge on any atom is -0.465 e. The van der Waals surface area contributed by atoms with E-state index in [9.17, 15) is 18.8 Å². The van der Waals surface area contributed by atoms with Crippen LogP contribution in [-0.4, -0.2) is 30.1 Å². The van der Waals surface area contributed by atoms with Crippen molar-refractivity contribution in [2.45, 2.75) is 62.0 Å². The number of thiophene rings is 1. The third-order valence-electron chi connectivity index (χ3n) is 6.45. The smallest absolute Gasteiger partial charge is 0.341 e. The van der Waals surface area contributed by atoms with Crippen molar-refractivity contribution in [2.75, 3.05) is 17.7 Å². The number of hydrogen-bond donors (Lipinski definition) is 2. The number of amides is 2. The molecule has 2 N–H and O–H groups in total. The van der Waals surface area contributed by atoms with Crippen LogP contribution in [0.2, 0.25) is 0 Å². The first-order valence-electron chi connectivity index (χ1n) is 12.8. The molecule has 4 rings (SSSR count). The van der Waals surface area contributed by atoms with E-state index in [0.717, 1.165) is 47.4 Å². The number of methoxy groups -OCH3 is 1. The summed E-state index contributed by atoms with van der Waals surface area (Å²) in [6.45, 7) is 1.93. The second-order valence-corrected chi connectivity index (χ2v) is 11.5. The van der Waals surface area contributed by atoms with Crippen LogP contribution < -0.4 is 10.6 Å². The van der Waals surface area contributed by atoms with Crippen molar-refractivity contribution in [3.8, 4) is 0 Å². The molecule has 0 saturated heterocycles. The lowest BCUT2D eigenvalue weighted by Gasteiger charge is -2.16. The van der Waals surface area contributed by atoms with Crippen molar-refractivity contribution in [1.82, 2.24) is 0 Å². The highest BCUT2D eigenvalue weighted by atomic mass is 32.2. The van der Waals surface area contributed by atoms with E-state index in [2.05, 4.69) is 10.6 Å². The molecule has 0 bridgehead atoms. The van der Waals surface area contributed by atoms with E-state index in [4.69, 9.17) is 4.74 Å². The lowest BCUT2D eigenvalue weighted by atomic mass is 9.96. The molecule has 1 atom stereocenters. The standard InChI is InChI=1S/C29H31FN2O4S2/c1-3-23(37-19-12-10-11-18(17-19)31-26(33)20-13-8-9-15-22(20)30)27(34)32-28-25(29(35)36-2)21-14-6-4-5-7-16-24(21)38-28/h8-13,15,17,23H,3-7,14,16H2,1-2H3,(H,31,33)(H,32,34). The van der Waals surface area contributed by atoms with Gasteiger partial charge in [-0.2, -0.15) is 0 Å². The first-order valence-corrected chi connectivity index (χ1v) is 14.5. The number of nitrogens with one attached hydrogen (secondary N) is 2. The quantitative estimate of drug-likeness (QED) is 0.229. The molecular formula is C29H31FN2O4S2. The molecule has 0 spiro atoms. The van der Waals surface area contributed by atoms with Crippen LogP contribution >= 0.6 is 23.1 Å². The van der Waals surface area contributed by atoms with Gasteiger partial charge in [-0.25, -0.2) is 9.18 Å². The van der Waals surface area contributed by atoms with Gasteiger partial charge in [-0.15, -0.1) is 23.1 Å². The first-order chi connectivity index (χ1) is 18.4. The average Bonchev–Trinajstić information content (AvgIpc) is 3.22. The van der Waals surface area contributed by atoms with E-state index < -0.39 is 22.9 Å². The van der Waals surface area contributed by atoms with Crippen LogP contribution in [0.5, 0.6) is 0 Å². The van der Waals surface area contributed by atoms with Gasteiger partial charge in [-0.05, 0) is 68.0 Å². The molecule has 3 aromatic rings. The highest BCUT2D eigenvalue weighted by molar-refractivity contribution is 8.00. The Bertz CT molecular complexity index is 1320. The van der Waals surface area contributed by atoms with E-state index >= 15 is 0 Å². The van der Waals surface area contributed by atoms with Gasteiger partial charge in [0.1, 0.15) is 10.8 Å². The van der Waals surface area contributed by atoms with Gasteiger partial charge in [-0.3, -0.25) is 9.59 Å². The summed E-state index contributed by atoms with van der Waals surface area (Å²) in [5.41, 5.74) is 1.96. The molecule has 38 heavy (non-hydrogen) atoms. The second-order valence-electron chi connectivity index (χ2n) is 9.08. The summed E-state index contributed by atoms with van der Waals surface area (Å²) in [6, 6.07) is 12.9. The first kappa shape index (κ1) is 27.9. The molecule has 9 heteroatoms. The largest absolute Gasteiger partial charge is 0.465 e. The normalized spacial score (nSPS) is 14.0. The lowest BCUT2D eigenvalue weighted by Crippen LogP contribution is -2.25. The second kappa shape index (κ2) is 13.1. The Morgan fingerprint density at radius 3 is 2.53 bits per heavy atom. The van der Waals surface area contributed by atoms with Gasteiger partial charge in [0, 0.05) is 15.5 Å². The van der Waals surface area contributed by atoms with Crippen molar-refractivity contribution in [3.63, 3.8) is 0 Å². The molecule has 1 aromatic heterocycles. The number of carbonyl (C=O) groups is 3. The number of rotatable bonds is 8. The minimum absolute atomic E-state index is 0.0390. The van der Waals surface area contributed by atoms with Gasteiger partial charge in [0.2, 0.25) is 5.91 Å².